The molecule has 106 valence electrons. The van der Waals surface area contributed by atoms with Crippen molar-refractivity contribution in [1.29, 1.82) is 0 Å². The van der Waals surface area contributed by atoms with Crippen LogP contribution in [-0.2, 0) is 10.0 Å². The molecule has 4 nitrogen and oxygen atoms in total. The Morgan fingerprint density at radius 2 is 1.68 bits per heavy atom. The van der Waals surface area contributed by atoms with Gasteiger partial charge in [-0.25, -0.2) is 13.1 Å². The third-order valence-electron chi connectivity index (χ3n) is 3.85. The molecule has 0 atom stereocenters. The largest absolute Gasteiger partial charge is 0.399 e. The zero-order chi connectivity index (χ0) is 14.1. The summed E-state index contributed by atoms with van der Waals surface area (Å²) in [7, 11) is -3.42. The molecule has 0 radical (unpaired) electrons. The minimum absolute atomic E-state index is 0.0515. The van der Waals surface area contributed by atoms with Crippen LogP contribution in [0.15, 0.2) is 29.2 Å². The van der Waals surface area contributed by atoms with E-state index in [0.717, 1.165) is 25.7 Å². The van der Waals surface area contributed by atoms with Crippen LogP contribution in [0, 0.1) is 5.41 Å². The Bertz CT molecular complexity index is 525. The molecule has 1 fully saturated rings. The number of anilines is 1. The number of benzene rings is 1. The van der Waals surface area contributed by atoms with Crippen LogP contribution in [0.5, 0.6) is 0 Å². The van der Waals surface area contributed by atoms with E-state index in [-0.39, 0.29) is 10.9 Å². The molecular weight excluding hydrogens is 260 g/mol. The van der Waals surface area contributed by atoms with Gasteiger partial charge in [0.05, 0.1) is 4.90 Å². The lowest BCUT2D eigenvalue weighted by atomic mass is 9.76. The Kier molecular flexibility index (Phi) is 3.87. The van der Waals surface area contributed by atoms with Crippen molar-refractivity contribution >= 4 is 15.7 Å². The van der Waals surface area contributed by atoms with Crippen LogP contribution in [0.4, 0.5) is 5.69 Å². The molecule has 1 aliphatic carbocycles. The third-order valence-corrected chi connectivity index (χ3v) is 5.39. The highest BCUT2D eigenvalue weighted by Crippen LogP contribution is 2.35. The first-order valence-corrected chi connectivity index (χ1v) is 8.15. The lowest BCUT2D eigenvalue weighted by Gasteiger charge is -2.34. The molecular formula is C14H22N2O2S. The van der Waals surface area contributed by atoms with Crippen LogP contribution in [-0.4, -0.2) is 14.5 Å². The first-order chi connectivity index (χ1) is 8.78. The zero-order valence-corrected chi connectivity index (χ0v) is 12.3. The maximum absolute atomic E-state index is 12.2. The maximum Gasteiger partial charge on any atom is 0.240 e. The molecule has 5 heteroatoms. The van der Waals surface area contributed by atoms with Crippen LogP contribution in [0.25, 0.3) is 0 Å². The van der Waals surface area contributed by atoms with Crippen molar-refractivity contribution in [3.05, 3.63) is 24.3 Å². The van der Waals surface area contributed by atoms with E-state index in [4.69, 9.17) is 5.73 Å². The minimum atomic E-state index is -3.42. The van der Waals surface area contributed by atoms with E-state index < -0.39 is 10.0 Å². The van der Waals surface area contributed by atoms with Crippen molar-refractivity contribution < 1.29 is 8.42 Å². The summed E-state index contributed by atoms with van der Waals surface area (Å²) >= 11 is 0. The monoisotopic (exact) mass is 282 g/mol. The van der Waals surface area contributed by atoms with Gasteiger partial charge in [-0.1, -0.05) is 13.8 Å². The first-order valence-electron chi connectivity index (χ1n) is 6.66. The number of sulfonamides is 1. The fraction of sp³-hybridized carbons (Fsp3) is 0.571. The average molecular weight is 282 g/mol. The molecule has 0 amide bonds. The molecule has 0 aliphatic heterocycles. The highest BCUT2D eigenvalue weighted by atomic mass is 32.2. The average Bonchev–Trinajstić information content (AvgIpc) is 2.32. The van der Waals surface area contributed by atoms with Gasteiger partial charge in [0.2, 0.25) is 10.0 Å². The summed E-state index contributed by atoms with van der Waals surface area (Å²) in [5.74, 6) is 0. The molecule has 0 saturated heterocycles. The summed E-state index contributed by atoms with van der Waals surface area (Å²) in [6.07, 6.45) is 3.92. The SMILES string of the molecule is CC1(C)CCC(NS(=O)(=O)c2ccc(N)cc2)CC1. The smallest absolute Gasteiger partial charge is 0.240 e. The van der Waals surface area contributed by atoms with Crippen molar-refractivity contribution in [3.8, 4) is 0 Å². The van der Waals surface area contributed by atoms with Crippen LogP contribution < -0.4 is 10.5 Å². The van der Waals surface area contributed by atoms with Crippen molar-refractivity contribution in [1.82, 2.24) is 4.72 Å². The molecule has 3 N–H and O–H groups in total. The number of nitrogens with two attached hydrogens (primary N) is 1. The van der Waals surface area contributed by atoms with Gasteiger partial charge in [-0.2, -0.15) is 0 Å². The van der Waals surface area contributed by atoms with Gasteiger partial charge in [0, 0.05) is 11.7 Å². The minimum Gasteiger partial charge on any atom is -0.399 e. The Morgan fingerprint density at radius 1 is 1.16 bits per heavy atom. The molecule has 0 unspecified atom stereocenters. The van der Waals surface area contributed by atoms with Crippen LogP contribution in [0.3, 0.4) is 0 Å². The molecule has 2 rings (SSSR count). The predicted octanol–water partition coefficient (Wildman–Crippen LogP) is 2.52. The third kappa shape index (κ3) is 3.70. The van der Waals surface area contributed by atoms with E-state index in [9.17, 15) is 8.42 Å². The van der Waals surface area contributed by atoms with Gasteiger partial charge >= 0.3 is 0 Å². The zero-order valence-electron chi connectivity index (χ0n) is 11.5. The van der Waals surface area contributed by atoms with Crippen LogP contribution >= 0.6 is 0 Å². The summed E-state index contributed by atoms with van der Waals surface area (Å²) in [6, 6.07) is 6.36. The fourth-order valence-corrected chi connectivity index (χ4v) is 3.76. The highest BCUT2D eigenvalue weighted by Gasteiger charge is 2.29. The Hall–Kier alpha value is -1.07. The van der Waals surface area contributed by atoms with Crippen LogP contribution in [0.1, 0.15) is 39.5 Å². The van der Waals surface area contributed by atoms with Gasteiger partial charge in [0.15, 0.2) is 0 Å². The van der Waals surface area contributed by atoms with Crippen molar-refractivity contribution in [3.63, 3.8) is 0 Å². The number of hydrogen-bond acceptors (Lipinski definition) is 3. The van der Waals surface area contributed by atoms with Crippen LogP contribution in [0.2, 0.25) is 0 Å². The molecule has 1 aromatic carbocycles. The van der Waals surface area contributed by atoms with Crippen molar-refractivity contribution in [2.75, 3.05) is 5.73 Å². The van der Waals surface area contributed by atoms with E-state index >= 15 is 0 Å². The molecule has 1 aromatic rings. The molecule has 0 bridgehead atoms. The summed E-state index contributed by atoms with van der Waals surface area (Å²) in [5, 5.41) is 0. The number of hydrogen-bond donors (Lipinski definition) is 2. The number of rotatable bonds is 3. The Balaban J connectivity index is 2.04. The topological polar surface area (TPSA) is 72.2 Å². The second kappa shape index (κ2) is 5.13. The fourth-order valence-electron chi connectivity index (χ4n) is 2.45. The maximum atomic E-state index is 12.2. The van der Waals surface area contributed by atoms with Gasteiger partial charge in [-0.3, -0.25) is 0 Å². The first kappa shape index (κ1) is 14.3. The van der Waals surface area contributed by atoms with Gasteiger partial charge in [0.25, 0.3) is 0 Å². The van der Waals surface area contributed by atoms with Gasteiger partial charge < -0.3 is 5.73 Å². The normalized spacial score (nSPS) is 20.3. The number of nitrogen functional groups attached to an aromatic ring is 1. The summed E-state index contributed by atoms with van der Waals surface area (Å²) in [5.41, 5.74) is 6.47. The van der Waals surface area contributed by atoms with E-state index in [1.807, 2.05) is 0 Å². The molecule has 0 spiro atoms. The molecule has 0 heterocycles. The molecule has 1 saturated carbocycles. The lowest BCUT2D eigenvalue weighted by Crippen LogP contribution is -2.39. The van der Waals surface area contributed by atoms with Gasteiger partial charge in [-0.05, 0) is 55.4 Å². The van der Waals surface area contributed by atoms with Crippen molar-refractivity contribution in [2.45, 2.75) is 50.5 Å². The molecule has 19 heavy (non-hydrogen) atoms. The van der Waals surface area contributed by atoms with Gasteiger partial charge in [-0.15, -0.1) is 0 Å². The van der Waals surface area contributed by atoms with E-state index in [2.05, 4.69) is 18.6 Å². The highest BCUT2D eigenvalue weighted by molar-refractivity contribution is 7.89. The summed E-state index contributed by atoms with van der Waals surface area (Å²) in [6.45, 7) is 4.47. The van der Waals surface area contributed by atoms with Gasteiger partial charge in [0.1, 0.15) is 0 Å². The Labute approximate surface area is 115 Å². The Morgan fingerprint density at radius 3 is 2.21 bits per heavy atom. The molecule has 0 aromatic heterocycles. The standard InChI is InChI=1S/C14H22N2O2S/c1-14(2)9-7-12(8-10-14)16-19(17,18)13-5-3-11(15)4-6-13/h3-6,12,16H,7-10,15H2,1-2H3. The molecule has 1 aliphatic rings. The second-order valence-corrected chi connectivity index (χ2v) is 7.84. The quantitative estimate of drug-likeness (QED) is 0.837. The van der Waals surface area contributed by atoms with E-state index in [1.165, 1.54) is 0 Å². The summed E-state index contributed by atoms with van der Waals surface area (Å²) < 4.78 is 27.2. The van der Waals surface area contributed by atoms with E-state index in [1.54, 1.807) is 24.3 Å². The number of nitrogens with one attached hydrogen (secondary N) is 1. The van der Waals surface area contributed by atoms with Crippen molar-refractivity contribution in [2.24, 2.45) is 5.41 Å². The predicted molar refractivity (Wildman–Crippen MR) is 77.2 cm³/mol. The second-order valence-electron chi connectivity index (χ2n) is 6.13. The summed E-state index contributed by atoms with van der Waals surface area (Å²) in [4.78, 5) is 0.284. The lowest BCUT2D eigenvalue weighted by molar-refractivity contribution is 0.218. The van der Waals surface area contributed by atoms with E-state index in [0.29, 0.717) is 11.1 Å².